The Morgan fingerprint density at radius 1 is 1.14 bits per heavy atom. The minimum absolute atomic E-state index is 1.05. The summed E-state index contributed by atoms with van der Waals surface area (Å²) in [4.78, 5) is 0. The molecule has 0 unspecified atom stereocenters. The SMILES string of the molecule is Cc1[nH]nc(-c2ccc(I)cc2)c1C. The maximum atomic E-state index is 4.29. The van der Waals surface area contributed by atoms with Gasteiger partial charge in [0.05, 0.1) is 5.69 Å². The molecule has 0 aliphatic rings. The Morgan fingerprint density at radius 2 is 1.79 bits per heavy atom. The number of aromatic amines is 1. The van der Waals surface area contributed by atoms with Crippen LogP contribution in [0.2, 0.25) is 0 Å². The number of aromatic nitrogens is 2. The van der Waals surface area contributed by atoms with Crippen molar-refractivity contribution in [2.24, 2.45) is 0 Å². The molecule has 2 rings (SSSR count). The van der Waals surface area contributed by atoms with Crippen LogP contribution in [0.15, 0.2) is 24.3 Å². The molecule has 0 bridgehead atoms. The van der Waals surface area contributed by atoms with Crippen LogP contribution in [0.1, 0.15) is 11.3 Å². The minimum atomic E-state index is 1.05. The predicted molar refractivity (Wildman–Crippen MR) is 66.2 cm³/mol. The first-order chi connectivity index (χ1) is 6.68. The Labute approximate surface area is 96.9 Å². The Morgan fingerprint density at radius 3 is 2.29 bits per heavy atom. The topological polar surface area (TPSA) is 28.7 Å². The average molecular weight is 298 g/mol. The second-order valence-electron chi connectivity index (χ2n) is 3.33. The summed E-state index contributed by atoms with van der Waals surface area (Å²) < 4.78 is 1.25. The normalized spacial score (nSPS) is 10.5. The quantitative estimate of drug-likeness (QED) is 0.804. The van der Waals surface area contributed by atoms with Gasteiger partial charge in [-0.05, 0) is 54.1 Å². The number of hydrogen-bond donors (Lipinski definition) is 1. The third-order valence-corrected chi connectivity index (χ3v) is 3.09. The van der Waals surface area contributed by atoms with Crippen LogP contribution in [0.5, 0.6) is 0 Å². The first-order valence-electron chi connectivity index (χ1n) is 4.46. The van der Waals surface area contributed by atoms with Gasteiger partial charge in [-0.15, -0.1) is 0 Å². The Bertz CT molecular complexity index is 443. The number of hydrogen-bond acceptors (Lipinski definition) is 1. The highest BCUT2D eigenvalue weighted by molar-refractivity contribution is 14.1. The number of benzene rings is 1. The number of rotatable bonds is 1. The lowest BCUT2D eigenvalue weighted by Gasteiger charge is -1.98. The summed E-state index contributed by atoms with van der Waals surface area (Å²) in [5.41, 5.74) is 4.59. The first kappa shape index (κ1) is 9.71. The van der Waals surface area contributed by atoms with E-state index in [2.05, 4.69) is 64.0 Å². The molecule has 0 saturated heterocycles. The van der Waals surface area contributed by atoms with Crippen molar-refractivity contribution in [2.45, 2.75) is 13.8 Å². The minimum Gasteiger partial charge on any atom is -0.282 e. The van der Waals surface area contributed by atoms with Crippen molar-refractivity contribution in [3.05, 3.63) is 39.1 Å². The molecule has 72 valence electrons. The molecule has 0 fully saturated rings. The van der Waals surface area contributed by atoms with E-state index in [9.17, 15) is 0 Å². The zero-order chi connectivity index (χ0) is 10.1. The lowest BCUT2D eigenvalue weighted by Crippen LogP contribution is -1.81. The Kier molecular flexibility index (Phi) is 2.58. The van der Waals surface area contributed by atoms with Gasteiger partial charge in [0, 0.05) is 14.8 Å². The van der Waals surface area contributed by atoms with E-state index in [1.807, 2.05) is 6.92 Å². The predicted octanol–water partition coefficient (Wildman–Crippen LogP) is 3.30. The molecule has 3 heteroatoms. The van der Waals surface area contributed by atoms with E-state index >= 15 is 0 Å². The van der Waals surface area contributed by atoms with Gasteiger partial charge in [-0.1, -0.05) is 12.1 Å². The molecule has 0 aliphatic carbocycles. The highest BCUT2D eigenvalue weighted by Crippen LogP contribution is 2.23. The highest BCUT2D eigenvalue weighted by atomic mass is 127. The standard InChI is InChI=1S/C11H11IN2/c1-7-8(2)13-14-11(7)9-3-5-10(12)6-4-9/h3-6H,1-2H3,(H,13,14). The van der Waals surface area contributed by atoms with Gasteiger partial charge in [0.2, 0.25) is 0 Å². The third kappa shape index (κ3) is 1.68. The summed E-state index contributed by atoms with van der Waals surface area (Å²) in [5, 5.41) is 7.29. The van der Waals surface area contributed by atoms with E-state index < -0.39 is 0 Å². The van der Waals surface area contributed by atoms with Crippen LogP contribution in [-0.2, 0) is 0 Å². The van der Waals surface area contributed by atoms with Gasteiger partial charge < -0.3 is 0 Å². The maximum Gasteiger partial charge on any atom is 0.0952 e. The van der Waals surface area contributed by atoms with Crippen LogP contribution in [0.25, 0.3) is 11.3 Å². The van der Waals surface area contributed by atoms with E-state index in [1.54, 1.807) is 0 Å². The maximum absolute atomic E-state index is 4.29. The summed E-state index contributed by atoms with van der Waals surface area (Å²) in [6, 6.07) is 8.40. The van der Waals surface area contributed by atoms with Crippen molar-refractivity contribution in [1.29, 1.82) is 0 Å². The number of halogens is 1. The van der Waals surface area contributed by atoms with E-state index in [0.717, 1.165) is 11.4 Å². The molecule has 14 heavy (non-hydrogen) atoms. The fourth-order valence-corrected chi connectivity index (χ4v) is 1.73. The van der Waals surface area contributed by atoms with Gasteiger partial charge >= 0.3 is 0 Å². The van der Waals surface area contributed by atoms with Crippen molar-refractivity contribution in [3.63, 3.8) is 0 Å². The molecule has 1 heterocycles. The lowest BCUT2D eigenvalue weighted by atomic mass is 10.1. The highest BCUT2D eigenvalue weighted by Gasteiger charge is 2.06. The number of nitrogens with one attached hydrogen (secondary N) is 1. The smallest absolute Gasteiger partial charge is 0.0952 e. The molecule has 1 N–H and O–H groups in total. The lowest BCUT2D eigenvalue weighted by molar-refractivity contribution is 1.05. The summed E-state index contributed by atoms with van der Waals surface area (Å²) in [6.45, 7) is 4.13. The molecule has 0 spiro atoms. The fraction of sp³-hybridized carbons (Fsp3) is 0.182. The molecule has 0 saturated carbocycles. The summed E-state index contributed by atoms with van der Waals surface area (Å²) in [5.74, 6) is 0. The van der Waals surface area contributed by atoms with Gasteiger partial charge in [-0.25, -0.2) is 0 Å². The third-order valence-electron chi connectivity index (χ3n) is 2.37. The molecule has 1 aromatic heterocycles. The molecular weight excluding hydrogens is 287 g/mol. The zero-order valence-electron chi connectivity index (χ0n) is 8.13. The number of aryl methyl sites for hydroxylation is 1. The second-order valence-corrected chi connectivity index (χ2v) is 4.57. The van der Waals surface area contributed by atoms with Gasteiger partial charge in [0.25, 0.3) is 0 Å². The van der Waals surface area contributed by atoms with Crippen LogP contribution in [0.4, 0.5) is 0 Å². The fourth-order valence-electron chi connectivity index (χ4n) is 1.37. The van der Waals surface area contributed by atoms with Crippen molar-refractivity contribution in [1.82, 2.24) is 10.2 Å². The van der Waals surface area contributed by atoms with Crippen molar-refractivity contribution in [2.75, 3.05) is 0 Å². The van der Waals surface area contributed by atoms with Crippen molar-refractivity contribution in [3.8, 4) is 11.3 Å². The number of nitrogens with zero attached hydrogens (tertiary/aromatic N) is 1. The molecule has 0 amide bonds. The molecule has 0 radical (unpaired) electrons. The first-order valence-corrected chi connectivity index (χ1v) is 5.54. The monoisotopic (exact) mass is 298 g/mol. The van der Waals surface area contributed by atoms with E-state index in [4.69, 9.17) is 0 Å². The molecule has 1 aromatic carbocycles. The van der Waals surface area contributed by atoms with Gasteiger partial charge in [-0.2, -0.15) is 5.10 Å². The largest absolute Gasteiger partial charge is 0.282 e. The van der Waals surface area contributed by atoms with E-state index in [-0.39, 0.29) is 0 Å². The van der Waals surface area contributed by atoms with Crippen LogP contribution in [0.3, 0.4) is 0 Å². The Balaban J connectivity index is 2.49. The number of H-pyrrole nitrogens is 1. The molecule has 0 atom stereocenters. The molecule has 2 nitrogen and oxygen atoms in total. The van der Waals surface area contributed by atoms with Gasteiger partial charge in [0.1, 0.15) is 0 Å². The van der Waals surface area contributed by atoms with Crippen LogP contribution in [-0.4, -0.2) is 10.2 Å². The van der Waals surface area contributed by atoms with Crippen molar-refractivity contribution < 1.29 is 0 Å². The van der Waals surface area contributed by atoms with Crippen LogP contribution < -0.4 is 0 Å². The van der Waals surface area contributed by atoms with Gasteiger partial charge in [0.15, 0.2) is 0 Å². The van der Waals surface area contributed by atoms with E-state index in [1.165, 1.54) is 14.7 Å². The molecule has 2 aromatic rings. The van der Waals surface area contributed by atoms with E-state index in [0.29, 0.717) is 0 Å². The molecular formula is C11H11IN2. The Hall–Kier alpha value is -0.840. The molecule has 0 aliphatic heterocycles. The summed E-state index contributed by atoms with van der Waals surface area (Å²) in [7, 11) is 0. The second kappa shape index (κ2) is 3.73. The van der Waals surface area contributed by atoms with Gasteiger partial charge in [-0.3, -0.25) is 5.10 Å². The van der Waals surface area contributed by atoms with Crippen LogP contribution in [0, 0.1) is 17.4 Å². The summed E-state index contributed by atoms with van der Waals surface area (Å²) in [6.07, 6.45) is 0. The van der Waals surface area contributed by atoms with Crippen molar-refractivity contribution >= 4 is 22.6 Å². The summed E-state index contributed by atoms with van der Waals surface area (Å²) >= 11 is 2.30. The average Bonchev–Trinajstić information content (AvgIpc) is 2.50. The zero-order valence-corrected chi connectivity index (χ0v) is 10.3. The van der Waals surface area contributed by atoms with Crippen LogP contribution >= 0.6 is 22.6 Å².